The smallest absolute Gasteiger partial charge is 0.295 e. The first kappa shape index (κ1) is 27.4. The van der Waals surface area contributed by atoms with Crippen molar-refractivity contribution in [3.05, 3.63) is 101 Å². The van der Waals surface area contributed by atoms with Crippen molar-refractivity contribution in [1.29, 1.82) is 0 Å². The second kappa shape index (κ2) is 12.4. The normalized spacial score (nSPS) is 19.1. The number of aliphatic hydroxyl groups excluding tert-OH is 1. The van der Waals surface area contributed by atoms with E-state index in [-0.39, 0.29) is 11.3 Å². The molecule has 2 fully saturated rings. The fourth-order valence-electron chi connectivity index (χ4n) is 5.18. The summed E-state index contributed by atoms with van der Waals surface area (Å²) in [6.07, 6.45) is 0. The van der Waals surface area contributed by atoms with Crippen LogP contribution >= 0.6 is 0 Å². The first-order chi connectivity index (χ1) is 19.4. The molecule has 1 N–H and O–H groups in total. The Labute approximate surface area is 234 Å². The number of benzene rings is 3. The number of aryl methyl sites for hydroxylation is 1. The molecule has 2 heterocycles. The molecule has 208 valence electrons. The molecular formula is C32H34N2O6. The van der Waals surface area contributed by atoms with E-state index in [1.165, 1.54) is 0 Å². The lowest BCUT2D eigenvalue weighted by Gasteiger charge is -2.31. The number of Topliss-reactive ketones (excluding diaryl/α,β-unsaturated/α-hetero) is 1. The molecule has 0 bridgehead atoms. The third-order valence-corrected chi connectivity index (χ3v) is 7.33. The van der Waals surface area contributed by atoms with Gasteiger partial charge in [0, 0.05) is 31.7 Å². The Morgan fingerprint density at radius 2 is 1.70 bits per heavy atom. The lowest BCUT2D eigenvalue weighted by atomic mass is 9.95. The molecule has 2 aliphatic rings. The van der Waals surface area contributed by atoms with Crippen LogP contribution in [0.4, 0.5) is 0 Å². The second-order valence-electron chi connectivity index (χ2n) is 10.0. The van der Waals surface area contributed by atoms with Gasteiger partial charge in [-0.2, -0.15) is 0 Å². The highest BCUT2D eigenvalue weighted by Gasteiger charge is 2.46. The second-order valence-corrected chi connectivity index (χ2v) is 10.0. The first-order valence-corrected chi connectivity index (χ1v) is 13.5. The number of ether oxygens (including phenoxy) is 3. The predicted octanol–water partition coefficient (Wildman–Crippen LogP) is 4.34. The van der Waals surface area contributed by atoms with Crippen LogP contribution in [-0.2, 0) is 20.9 Å². The van der Waals surface area contributed by atoms with E-state index < -0.39 is 17.7 Å². The fourth-order valence-corrected chi connectivity index (χ4v) is 5.18. The number of hydrogen-bond donors (Lipinski definition) is 1. The molecule has 0 spiro atoms. The quantitative estimate of drug-likeness (QED) is 0.245. The molecule has 0 saturated carbocycles. The summed E-state index contributed by atoms with van der Waals surface area (Å²) in [5.41, 5.74) is 3.41. The van der Waals surface area contributed by atoms with Crippen LogP contribution in [0.2, 0.25) is 0 Å². The number of methoxy groups -OCH3 is 1. The Kier molecular flexibility index (Phi) is 8.48. The standard InChI is InChI=1S/C32H34N2O6/c1-22-5-3-6-23(19-22)21-40-26-11-9-24(10-12-26)30(35)28-29(25-7-4-8-27(20-25)38-2)34(32(37)31(28)36)14-13-33-15-17-39-18-16-33/h3-12,19-20,29,35H,13-18,21H2,1-2H3. The van der Waals surface area contributed by atoms with E-state index >= 15 is 0 Å². The van der Waals surface area contributed by atoms with Crippen LogP contribution in [-0.4, -0.2) is 73.1 Å². The summed E-state index contributed by atoms with van der Waals surface area (Å²) in [5.74, 6) is -0.308. The number of amides is 1. The number of rotatable bonds is 9. The summed E-state index contributed by atoms with van der Waals surface area (Å²) in [6, 6.07) is 21.5. The van der Waals surface area contributed by atoms with Crippen LogP contribution < -0.4 is 9.47 Å². The number of morpholine rings is 1. The van der Waals surface area contributed by atoms with Crippen molar-refractivity contribution in [2.45, 2.75) is 19.6 Å². The van der Waals surface area contributed by atoms with E-state index in [0.717, 1.165) is 24.2 Å². The zero-order chi connectivity index (χ0) is 28.1. The Hall–Kier alpha value is -4.14. The van der Waals surface area contributed by atoms with Crippen molar-refractivity contribution in [3.8, 4) is 11.5 Å². The van der Waals surface area contributed by atoms with Crippen LogP contribution in [0.3, 0.4) is 0 Å². The summed E-state index contributed by atoms with van der Waals surface area (Å²) in [7, 11) is 1.57. The third-order valence-electron chi connectivity index (χ3n) is 7.33. The Morgan fingerprint density at radius 3 is 2.42 bits per heavy atom. The summed E-state index contributed by atoms with van der Waals surface area (Å²) < 4.78 is 16.8. The van der Waals surface area contributed by atoms with Crippen molar-refractivity contribution >= 4 is 17.4 Å². The molecule has 3 aromatic rings. The topological polar surface area (TPSA) is 88.5 Å². The molecule has 0 aliphatic carbocycles. The predicted molar refractivity (Wildman–Crippen MR) is 151 cm³/mol. The third kappa shape index (κ3) is 6.03. The highest BCUT2D eigenvalue weighted by molar-refractivity contribution is 6.46. The maximum atomic E-state index is 13.4. The molecule has 1 amide bonds. The molecule has 0 radical (unpaired) electrons. The van der Waals surface area contributed by atoms with Gasteiger partial charge in [-0.3, -0.25) is 14.5 Å². The molecule has 40 heavy (non-hydrogen) atoms. The number of aliphatic hydroxyl groups is 1. The lowest BCUT2D eigenvalue weighted by molar-refractivity contribution is -0.140. The van der Waals surface area contributed by atoms with Gasteiger partial charge in [0.15, 0.2) is 0 Å². The molecule has 8 heteroatoms. The van der Waals surface area contributed by atoms with Gasteiger partial charge in [-0.05, 0) is 54.4 Å². The van der Waals surface area contributed by atoms with Gasteiger partial charge < -0.3 is 24.2 Å². The number of likely N-dealkylation sites (tertiary alicyclic amines) is 1. The largest absolute Gasteiger partial charge is 0.507 e. The van der Waals surface area contributed by atoms with Crippen LogP contribution in [0.1, 0.15) is 28.3 Å². The monoisotopic (exact) mass is 542 g/mol. The van der Waals surface area contributed by atoms with E-state index in [4.69, 9.17) is 14.2 Å². The van der Waals surface area contributed by atoms with Crippen molar-refractivity contribution < 1.29 is 28.9 Å². The number of hydrogen-bond acceptors (Lipinski definition) is 7. The number of carbonyl (C=O) groups excluding carboxylic acids is 2. The summed E-state index contributed by atoms with van der Waals surface area (Å²) in [5, 5.41) is 11.4. The van der Waals surface area contributed by atoms with E-state index in [1.807, 2.05) is 37.3 Å². The minimum Gasteiger partial charge on any atom is -0.507 e. The fraction of sp³-hybridized carbons (Fsp3) is 0.312. The van der Waals surface area contributed by atoms with Crippen LogP contribution in [0.25, 0.3) is 5.76 Å². The summed E-state index contributed by atoms with van der Waals surface area (Å²) in [4.78, 5) is 30.4. The van der Waals surface area contributed by atoms with Crippen molar-refractivity contribution in [3.63, 3.8) is 0 Å². The Balaban J connectivity index is 1.42. The Morgan fingerprint density at radius 1 is 0.950 bits per heavy atom. The van der Waals surface area contributed by atoms with Gasteiger partial charge in [0.1, 0.15) is 23.9 Å². The van der Waals surface area contributed by atoms with Crippen molar-refractivity contribution in [2.75, 3.05) is 46.5 Å². The minimum atomic E-state index is -0.742. The number of nitrogens with zero attached hydrogens (tertiary/aromatic N) is 2. The van der Waals surface area contributed by atoms with Gasteiger partial charge in [-0.15, -0.1) is 0 Å². The lowest BCUT2D eigenvalue weighted by Crippen LogP contribution is -2.42. The highest BCUT2D eigenvalue weighted by atomic mass is 16.5. The maximum absolute atomic E-state index is 13.4. The molecular weight excluding hydrogens is 508 g/mol. The molecule has 2 saturated heterocycles. The van der Waals surface area contributed by atoms with Gasteiger partial charge in [-0.25, -0.2) is 0 Å². The van der Waals surface area contributed by atoms with Gasteiger partial charge in [0.2, 0.25) is 0 Å². The molecule has 1 unspecified atom stereocenters. The zero-order valence-electron chi connectivity index (χ0n) is 22.8. The van der Waals surface area contributed by atoms with E-state index in [0.29, 0.717) is 55.5 Å². The number of carbonyl (C=O) groups is 2. The van der Waals surface area contributed by atoms with E-state index in [9.17, 15) is 14.7 Å². The van der Waals surface area contributed by atoms with Crippen LogP contribution in [0.5, 0.6) is 11.5 Å². The molecule has 8 nitrogen and oxygen atoms in total. The van der Waals surface area contributed by atoms with E-state index in [1.54, 1.807) is 48.4 Å². The summed E-state index contributed by atoms with van der Waals surface area (Å²) >= 11 is 0. The van der Waals surface area contributed by atoms with Crippen LogP contribution in [0.15, 0.2) is 78.4 Å². The number of ketones is 1. The maximum Gasteiger partial charge on any atom is 0.295 e. The van der Waals surface area contributed by atoms with Crippen molar-refractivity contribution in [1.82, 2.24) is 9.80 Å². The van der Waals surface area contributed by atoms with Gasteiger partial charge >= 0.3 is 0 Å². The van der Waals surface area contributed by atoms with Gasteiger partial charge in [0.05, 0.1) is 31.9 Å². The zero-order valence-corrected chi connectivity index (χ0v) is 22.8. The summed E-state index contributed by atoms with van der Waals surface area (Å²) in [6.45, 7) is 6.21. The molecule has 2 aliphatic heterocycles. The average molecular weight is 543 g/mol. The molecule has 0 aromatic heterocycles. The minimum absolute atomic E-state index is 0.0636. The molecule has 5 rings (SSSR count). The average Bonchev–Trinajstić information content (AvgIpc) is 3.24. The van der Waals surface area contributed by atoms with E-state index in [2.05, 4.69) is 11.0 Å². The molecule has 3 aromatic carbocycles. The van der Waals surface area contributed by atoms with Gasteiger partial charge in [-0.1, -0.05) is 42.0 Å². The van der Waals surface area contributed by atoms with Crippen molar-refractivity contribution in [2.24, 2.45) is 0 Å². The first-order valence-electron chi connectivity index (χ1n) is 13.5. The van der Waals surface area contributed by atoms with Crippen LogP contribution in [0, 0.1) is 6.92 Å². The molecule has 1 atom stereocenters. The Bertz CT molecular complexity index is 1390. The van der Waals surface area contributed by atoms with Gasteiger partial charge in [0.25, 0.3) is 11.7 Å². The highest BCUT2D eigenvalue weighted by Crippen LogP contribution is 2.40. The SMILES string of the molecule is COc1cccc(C2C(=C(O)c3ccc(OCc4cccc(C)c4)cc3)C(=O)C(=O)N2CCN2CCOCC2)c1.